The molecule has 0 aliphatic heterocycles. The zero-order valence-corrected chi connectivity index (χ0v) is 12.7. The smallest absolute Gasteiger partial charge is 0.259 e. The van der Waals surface area contributed by atoms with E-state index < -0.39 is 0 Å². The Bertz CT molecular complexity index is 651. The Morgan fingerprint density at radius 2 is 1.86 bits per heavy atom. The van der Waals surface area contributed by atoms with Gasteiger partial charge in [0.1, 0.15) is 5.75 Å². The Hall–Kier alpha value is -1.91. The monoisotopic (exact) mass is 325 g/mol. The first-order valence-corrected chi connectivity index (χ1v) is 6.99. The molecule has 2 aromatic rings. The summed E-state index contributed by atoms with van der Waals surface area (Å²) in [5, 5.41) is 12.3. The van der Waals surface area contributed by atoms with Gasteiger partial charge in [-0.2, -0.15) is 0 Å². The van der Waals surface area contributed by atoms with Gasteiger partial charge in [0.15, 0.2) is 5.75 Å². The van der Waals surface area contributed by atoms with Gasteiger partial charge in [-0.25, -0.2) is 0 Å². The number of rotatable bonds is 4. The number of phenols is 1. The molecule has 0 atom stereocenters. The predicted molar refractivity (Wildman–Crippen MR) is 83.7 cm³/mol. The van der Waals surface area contributed by atoms with Gasteiger partial charge in [-0.3, -0.25) is 4.79 Å². The summed E-state index contributed by atoms with van der Waals surface area (Å²) in [6.45, 7) is 2.30. The minimum Gasteiger partial charge on any atom is -0.505 e. The highest BCUT2D eigenvalue weighted by molar-refractivity contribution is 6.37. The number of carbonyl (C=O) groups is 1. The number of aromatic hydroxyl groups is 1. The van der Waals surface area contributed by atoms with Crippen LogP contribution in [0.5, 0.6) is 11.5 Å². The van der Waals surface area contributed by atoms with E-state index in [1.165, 1.54) is 12.1 Å². The maximum atomic E-state index is 12.3. The molecule has 0 heterocycles. The van der Waals surface area contributed by atoms with E-state index in [4.69, 9.17) is 27.9 Å². The van der Waals surface area contributed by atoms with Crippen molar-refractivity contribution in [3.63, 3.8) is 0 Å². The molecule has 0 unspecified atom stereocenters. The molecule has 0 aliphatic rings. The summed E-state index contributed by atoms with van der Waals surface area (Å²) in [5.41, 5.74) is 0.791. The summed E-state index contributed by atoms with van der Waals surface area (Å²) in [6, 6.07) is 9.75. The lowest BCUT2D eigenvalue weighted by Gasteiger charge is -2.11. The van der Waals surface area contributed by atoms with E-state index in [2.05, 4.69) is 5.32 Å². The second kappa shape index (κ2) is 6.70. The third kappa shape index (κ3) is 3.60. The fraction of sp³-hybridized carbons (Fsp3) is 0.133. The number of hydrogen-bond donors (Lipinski definition) is 2. The number of hydrogen-bond acceptors (Lipinski definition) is 3. The lowest BCUT2D eigenvalue weighted by atomic mass is 10.2. The molecule has 110 valence electrons. The number of carbonyl (C=O) groups excluding carboxylic acids is 1. The van der Waals surface area contributed by atoms with Gasteiger partial charge in [-0.1, -0.05) is 35.3 Å². The van der Waals surface area contributed by atoms with Crippen molar-refractivity contribution in [2.75, 3.05) is 11.9 Å². The Labute approximate surface area is 132 Å². The summed E-state index contributed by atoms with van der Waals surface area (Å²) in [5.74, 6) is -0.0728. The number of anilines is 1. The molecule has 21 heavy (non-hydrogen) atoms. The molecule has 0 saturated carbocycles. The van der Waals surface area contributed by atoms with E-state index in [-0.39, 0.29) is 21.7 Å². The first-order chi connectivity index (χ1) is 10.0. The van der Waals surface area contributed by atoms with Crippen LogP contribution in [0.4, 0.5) is 5.69 Å². The predicted octanol–water partition coefficient (Wildman–Crippen LogP) is 4.35. The van der Waals surface area contributed by atoms with Gasteiger partial charge in [0.2, 0.25) is 0 Å². The van der Waals surface area contributed by atoms with Crippen LogP contribution < -0.4 is 10.1 Å². The van der Waals surface area contributed by atoms with Gasteiger partial charge in [0.05, 0.1) is 22.2 Å². The normalized spacial score (nSPS) is 10.2. The molecule has 2 rings (SSSR count). The minimum absolute atomic E-state index is 0.0656. The number of amides is 1. The van der Waals surface area contributed by atoms with Gasteiger partial charge in [-0.05, 0) is 31.2 Å². The van der Waals surface area contributed by atoms with Crippen molar-refractivity contribution in [2.45, 2.75) is 6.92 Å². The second-order valence-electron chi connectivity index (χ2n) is 4.17. The van der Waals surface area contributed by atoms with Crippen molar-refractivity contribution in [3.05, 3.63) is 52.0 Å². The Kier molecular flexibility index (Phi) is 4.94. The molecular formula is C15H13Cl2NO3. The Morgan fingerprint density at radius 3 is 2.48 bits per heavy atom. The van der Waals surface area contributed by atoms with Gasteiger partial charge < -0.3 is 15.2 Å². The molecule has 0 bridgehead atoms. The van der Waals surface area contributed by atoms with Crippen molar-refractivity contribution in [1.29, 1.82) is 0 Å². The number of halogens is 2. The van der Waals surface area contributed by atoms with Crippen LogP contribution in [0.2, 0.25) is 10.0 Å². The van der Waals surface area contributed by atoms with Crippen molar-refractivity contribution < 1.29 is 14.6 Å². The fourth-order valence-electron chi connectivity index (χ4n) is 1.77. The lowest BCUT2D eigenvalue weighted by molar-refractivity contribution is 0.102. The quantitative estimate of drug-likeness (QED) is 0.821. The molecular weight excluding hydrogens is 313 g/mol. The topological polar surface area (TPSA) is 58.6 Å². The molecule has 0 fully saturated rings. The summed E-state index contributed by atoms with van der Waals surface area (Å²) < 4.78 is 5.41. The molecule has 0 aliphatic carbocycles. The number of benzene rings is 2. The Morgan fingerprint density at radius 1 is 1.24 bits per heavy atom. The maximum Gasteiger partial charge on any atom is 0.259 e. The maximum absolute atomic E-state index is 12.3. The van der Waals surface area contributed by atoms with Crippen LogP contribution >= 0.6 is 23.2 Å². The molecule has 0 aromatic heterocycles. The van der Waals surface area contributed by atoms with Gasteiger partial charge in [0, 0.05) is 5.69 Å². The fourth-order valence-corrected chi connectivity index (χ4v) is 2.26. The van der Waals surface area contributed by atoms with Crippen molar-refractivity contribution in [2.24, 2.45) is 0 Å². The van der Waals surface area contributed by atoms with Crippen LogP contribution in [0.1, 0.15) is 17.3 Å². The average molecular weight is 326 g/mol. The summed E-state index contributed by atoms with van der Waals surface area (Å²) in [6.07, 6.45) is 0. The summed E-state index contributed by atoms with van der Waals surface area (Å²) >= 11 is 11.6. The standard InChI is InChI=1S/C15H13Cl2NO3/c1-2-21-13-6-4-3-5-10(13)15(20)18-9-7-11(16)14(19)12(17)8-9/h3-8,19H,2H2,1H3,(H,18,20). The number of para-hydroxylation sites is 1. The lowest BCUT2D eigenvalue weighted by Crippen LogP contribution is -2.13. The minimum atomic E-state index is -0.350. The van der Waals surface area contributed by atoms with Crippen molar-refractivity contribution in [1.82, 2.24) is 0 Å². The second-order valence-corrected chi connectivity index (χ2v) is 4.99. The van der Waals surface area contributed by atoms with Crippen LogP contribution in [0.3, 0.4) is 0 Å². The van der Waals surface area contributed by atoms with Crippen LogP contribution in [0.15, 0.2) is 36.4 Å². The molecule has 1 amide bonds. The average Bonchev–Trinajstić information content (AvgIpc) is 2.45. The first kappa shape index (κ1) is 15.5. The molecule has 0 spiro atoms. The third-order valence-electron chi connectivity index (χ3n) is 2.71. The van der Waals surface area contributed by atoms with E-state index in [0.29, 0.717) is 23.6 Å². The van der Waals surface area contributed by atoms with Crippen LogP contribution in [0.25, 0.3) is 0 Å². The molecule has 0 saturated heterocycles. The number of nitrogens with one attached hydrogen (secondary N) is 1. The Balaban J connectivity index is 2.26. The highest BCUT2D eigenvalue weighted by Gasteiger charge is 2.14. The van der Waals surface area contributed by atoms with Gasteiger partial charge in [0.25, 0.3) is 5.91 Å². The zero-order chi connectivity index (χ0) is 15.4. The van der Waals surface area contributed by atoms with E-state index >= 15 is 0 Å². The number of ether oxygens (including phenoxy) is 1. The molecule has 0 radical (unpaired) electrons. The molecule has 2 aromatic carbocycles. The van der Waals surface area contributed by atoms with Crippen LogP contribution in [0, 0.1) is 0 Å². The summed E-state index contributed by atoms with van der Waals surface area (Å²) in [7, 11) is 0. The number of phenolic OH excluding ortho intramolecular Hbond substituents is 1. The van der Waals surface area contributed by atoms with Crippen molar-refractivity contribution in [3.8, 4) is 11.5 Å². The van der Waals surface area contributed by atoms with E-state index in [1.54, 1.807) is 24.3 Å². The largest absolute Gasteiger partial charge is 0.505 e. The first-order valence-electron chi connectivity index (χ1n) is 6.24. The highest BCUT2D eigenvalue weighted by Crippen LogP contribution is 2.34. The molecule has 4 nitrogen and oxygen atoms in total. The van der Waals surface area contributed by atoms with Crippen LogP contribution in [-0.4, -0.2) is 17.6 Å². The van der Waals surface area contributed by atoms with E-state index in [1.807, 2.05) is 6.92 Å². The van der Waals surface area contributed by atoms with Crippen molar-refractivity contribution >= 4 is 34.8 Å². The van der Waals surface area contributed by atoms with Crippen LogP contribution in [-0.2, 0) is 0 Å². The van der Waals surface area contributed by atoms with Gasteiger partial charge >= 0.3 is 0 Å². The highest BCUT2D eigenvalue weighted by atomic mass is 35.5. The summed E-state index contributed by atoms with van der Waals surface area (Å²) in [4.78, 5) is 12.3. The molecule has 6 heteroatoms. The zero-order valence-electron chi connectivity index (χ0n) is 11.2. The molecule has 2 N–H and O–H groups in total. The van der Waals surface area contributed by atoms with Gasteiger partial charge in [-0.15, -0.1) is 0 Å². The van der Waals surface area contributed by atoms with E-state index in [9.17, 15) is 9.90 Å². The SMILES string of the molecule is CCOc1ccccc1C(=O)Nc1cc(Cl)c(O)c(Cl)c1. The third-order valence-corrected chi connectivity index (χ3v) is 3.28. The van der Waals surface area contributed by atoms with E-state index in [0.717, 1.165) is 0 Å².